The van der Waals surface area contributed by atoms with Gasteiger partial charge in [-0.2, -0.15) is 0 Å². The Morgan fingerprint density at radius 2 is 1.83 bits per heavy atom. The predicted octanol–water partition coefficient (Wildman–Crippen LogP) is 4.31. The van der Waals surface area contributed by atoms with Crippen LogP contribution in [0.1, 0.15) is 68.8 Å². The number of nitrogens with two attached hydrogens (primary N) is 1. The number of thiophene rings is 1. The molecule has 11 nitrogen and oxygen atoms in total. The van der Waals surface area contributed by atoms with Crippen LogP contribution in [0.5, 0.6) is 5.75 Å². The maximum absolute atomic E-state index is 13.4. The average molecular weight is 593 g/mol. The number of aromatic carboxylic acids is 1. The van der Waals surface area contributed by atoms with Gasteiger partial charge in [0, 0.05) is 25.7 Å². The van der Waals surface area contributed by atoms with Crippen LogP contribution in [0.3, 0.4) is 0 Å². The fourth-order valence-corrected chi connectivity index (χ4v) is 5.70. The number of carboxylic acids is 2. The molecule has 1 aliphatic rings. The van der Waals surface area contributed by atoms with Crippen molar-refractivity contribution in [2.75, 3.05) is 11.9 Å². The first-order valence-corrected chi connectivity index (χ1v) is 14.2. The van der Waals surface area contributed by atoms with Gasteiger partial charge in [0.15, 0.2) is 5.96 Å². The molecule has 42 heavy (non-hydrogen) atoms. The summed E-state index contributed by atoms with van der Waals surface area (Å²) in [5, 5.41) is 28.0. The van der Waals surface area contributed by atoms with E-state index in [0.29, 0.717) is 22.6 Å². The Labute approximate surface area is 246 Å². The zero-order chi connectivity index (χ0) is 30.6. The van der Waals surface area contributed by atoms with Gasteiger partial charge in [-0.3, -0.25) is 10.2 Å². The van der Waals surface area contributed by atoms with Gasteiger partial charge in [0.25, 0.3) is 0 Å². The normalized spacial score (nSPS) is 14.8. The second-order valence-corrected chi connectivity index (χ2v) is 11.1. The lowest BCUT2D eigenvalue weighted by atomic mass is 9.80. The van der Waals surface area contributed by atoms with Crippen molar-refractivity contribution in [1.82, 2.24) is 4.90 Å². The number of carbonyl (C=O) groups is 4. The number of hydrogen-bond acceptors (Lipinski definition) is 7. The number of esters is 1. The predicted molar refractivity (Wildman–Crippen MR) is 157 cm³/mol. The van der Waals surface area contributed by atoms with Crippen LogP contribution in [0, 0.1) is 5.41 Å². The number of rotatable bonds is 10. The molecule has 1 aromatic heterocycles. The molecule has 1 aliphatic carbocycles. The van der Waals surface area contributed by atoms with Crippen LogP contribution >= 0.6 is 11.3 Å². The molecule has 0 fully saturated rings. The van der Waals surface area contributed by atoms with Crippen LogP contribution in [0.25, 0.3) is 0 Å². The fraction of sp³-hybridized carbons (Fsp3) is 0.300. The molecule has 4 rings (SSSR count). The summed E-state index contributed by atoms with van der Waals surface area (Å²) in [4.78, 5) is 52.1. The lowest BCUT2D eigenvalue weighted by Crippen LogP contribution is -2.43. The number of nitrogens with one attached hydrogen (secondary N) is 1. The van der Waals surface area contributed by atoms with Gasteiger partial charge < -0.3 is 30.5 Å². The minimum Gasteiger partial charge on any atom is -0.480 e. The third-order valence-electron chi connectivity index (χ3n) is 7.40. The van der Waals surface area contributed by atoms with E-state index < -0.39 is 23.9 Å². The number of carbonyl (C=O) groups excluding carboxylic acids is 2. The van der Waals surface area contributed by atoms with E-state index in [1.165, 1.54) is 22.8 Å². The third kappa shape index (κ3) is 6.95. The smallest absolute Gasteiger partial charge is 0.345 e. The molecular weight excluding hydrogens is 560 g/mol. The van der Waals surface area contributed by atoms with Crippen molar-refractivity contribution >= 4 is 46.8 Å². The number of aliphatic carboxylic acids is 1. The molecule has 0 saturated carbocycles. The number of carboxylic acid groups (broad SMARTS) is 2. The standard InChI is InChI=1S/C30H32N4O7S/c1-17(27(36)37)34(15-18-12-25(28(38)39)42-16-18)26(35)14-21-5-3-4-20-13-23(10-11-24(20)21)41-29(40)19-6-8-22(9-7-19)33(2)30(31)32/h6-13,16-17,21H,3-5,14-15H2,1-2H3,(H3,31,32)(H,36,37)(H,38,39)/t17-,21?/m1/s1. The Morgan fingerprint density at radius 1 is 1.12 bits per heavy atom. The highest BCUT2D eigenvalue weighted by Gasteiger charge is 2.30. The monoisotopic (exact) mass is 592 g/mol. The summed E-state index contributed by atoms with van der Waals surface area (Å²) < 4.78 is 5.61. The molecule has 0 spiro atoms. The molecule has 2 aromatic carbocycles. The third-order valence-corrected chi connectivity index (χ3v) is 8.37. The number of guanidine groups is 1. The molecular formula is C30H32N4O7S. The van der Waals surface area contributed by atoms with Crippen LogP contribution in [-0.4, -0.2) is 58.0 Å². The van der Waals surface area contributed by atoms with Gasteiger partial charge in [0.1, 0.15) is 16.7 Å². The van der Waals surface area contributed by atoms with Crippen molar-refractivity contribution in [2.45, 2.75) is 51.1 Å². The molecule has 3 aromatic rings. The molecule has 2 atom stereocenters. The molecule has 0 saturated heterocycles. The highest BCUT2D eigenvalue weighted by atomic mass is 32.1. The van der Waals surface area contributed by atoms with Gasteiger partial charge in [-0.05, 0) is 96.6 Å². The summed E-state index contributed by atoms with van der Waals surface area (Å²) in [5.41, 5.74) is 8.98. The van der Waals surface area contributed by atoms with E-state index in [-0.39, 0.29) is 35.6 Å². The molecule has 0 radical (unpaired) electrons. The lowest BCUT2D eigenvalue weighted by molar-refractivity contribution is -0.150. The van der Waals surface area contributed by atoms with Crippen molar-refractivity contribution in [3.05, 3.63) is 81.0 Å². The van der Waals surface area contributed by atoms with E-state index >= 15 is 0 Å². The number of hydrogen-bond donors (Lipinski definition) is 4. The lowest BCUT2D eigenvalue weighted by Gasteiger charge is -2.30. The van der Waals surface area contributed by atoms with Gasteiger partial charge in [0.2, 0.25) is 5.91 Å². The first kappa shape index (κ1) is 30.3. The van der Waals surface area contributed by atoms with Crippen molar-refractivity contribution in [3.63, 3.8) is 0 Å². The number of nitrogens with zero attached hydrogens (tertiary/aromatic N) is 2. The molecule has 0 bridgehead atoms. The van der Waals surface area contributed by atoms with Gasteiger partial charge in [0.05, 0.1) is 5.56 Å². The van der Waals surface area contributed by atoms with E-state index in [2.05, 4.69) is 0 Å². The Morgan fingerprint density at radius 3 is 2.45 bits per heavy atom. The van der Waals surface area contributed by atoms with E-state index in [0.717, 1.165) is 41.7 Å². The summed E-state index contributed by atoms with van der Waals surface area (Å²) >= 11 is 1.03. The summed E-state index contributed by atoms with van der Waals surface area (Å²) in [5.74, 6) is -2.98. The van der Waals surface area contributed by atoms with Crippen molar-refractivity contribution in [2.24, 2.45) is 5.73 Å². The van der Waals surface area contributed by atoms with Crippen LogP contribution in [-0.2, 0) is 22.6 Å². The Kier molecular flexibility index (Phi) is 9.26. The maximum atomic E-state index is 13.4. The summed E-state index contributed by atoms with van der Waals surface area (Å²) in [6.45, 7) is 1.44. The summed E-state index contributed by atoms with van der Waals surface area (Å²) in [6.07, 6.45) is 2.41. The average Bonchev–Trinajstić information content (AvgIpc) is 3.44. The van der Waals surface area contributed by atoms with Crippen LogP contribution in [0.4, 0.5) is 5.69 Å². The van der Waals surface area contributed by atoms with E-state index in [1.54, 1.807) is 48.8 Å². The number of ether oxygens (including phenoxy) is 1. The number of anilines is 1. The Hall–Kier alpha value is -4.71. The minimum absolute atomic E-state index is 0.00341. The molecule has 5 N–H and O–H groups in total. The van der Waals surface area contributed by atoms with Crippen LogP contribution in [0.2, 0.25) is 0 Å². The zero-order valence-corrected chi connectivity index (χ0v) is 24.0. The molecule has 1 unspecified atom stereocenters. The quantitative estimate of drug-likeness (QED) is 0.116. The molecule has 220 valence electrons. The van der Waals surface area contributed by atoms with Gasteiger partial charge in [-0.25, -0.2) is 14.4 Å². The Bertz CT molecular complexity index is 1520. The Balaban J connectivity index is 1.46. The highest BCUT2D eigenvalue weighted by molar-refractivity contribution is 7.12. The maximum Gasteiger partial charge on any atom is 0.345 e. The number of aryl methyl sites for hydroxylation is 1. The molecule has 1 amide bonds. The number of amides is 1. The minimum atomic E-state index is -1.15. The zero-order valence-electron chi connectivity index (χ0n) is 23.2. The first-order valence-electron chi connectivity index (χ1n) is 13.3. The molecule has 0 aliphatic heterocycles. The summed E-state index contributed by atoms with van der Waals surface area (Å²) in [6, 6.07) is 12.2. The summed E-state index contributed by atoms with van der Waals surface area (Å²) in [7, 11) is 1.65. The van der Waals surface area contributed by atoms with Gasteiger partial charge in [-0.15, -0.1) is 11.3 Å². The molecule has 1 heterocycles. The second-order valence-electron chi connectivity index (χ2n) is 10.2. The van der Waals surface area contributed by atoms with Gasteiger partial charge in [-0.1, -0.05) is 6.07 Å². The second kappa shape index (κ2) is 12.9. The topological polar surface area (TPSA) is 174 Å². The fourth-order valence-electron chi connectivity index (χ4n) is 4.96. The van der Waals surface area contributed by atoms with Crippen molar-refractivity contribution < 1.29 is 34.1 Å². The largest absolute Gasteiger partial charge is 0.480 e. The van der Waals surface area contributed by atoms with E-state index in [4.69, 9.17) is 15.9 Å². The van der Waals surface area contributed by atoms with E-state index in [1.807, 2.05) is 6.07 Å². The van der Waals surface area contributed by atoms with Gasteiger partial charge >= 0.3 is 17.9 Å². The molecule has 12 heteroatoms. The SMILES string of the molecule is C[C@H](C(=O)O)N(Cc1csc(C(=O)O)c1)C(=O)CC1CCCc2cc(OC(=O)c3ccc(N(C)C(=N)N)cc3)ccc21. The highest BCUT2D eigenvalue weighted by Crippen LogP contribution is 2.37. The number of fused-ring (bicyclic) bond motifs is 1. The van der Waals surface area contributed by atoms with Crippen molar-refractivity contribution in [1.29, 1.82) is 5.41 Å². The van der Waals surface area contributed by atoms with Crippen LogP contribution in [0.15, 0.2) is 53.9 Å². The van der Waals surface area contributed by atoms with Crippen molar-refractivity contribution in [3.8, 4) is 5.75 Å². The number of benzene rings is 2. The first-order chi connectivity index (χ1) is 19.9. The van der Waals surface area contributed by atoms with E-state index in [9.17, 15) is 29.4 Å². The van der Waals surface area contributed by atoms with Crippen LogP contribution < -0.4 is 15.4 Å².